The molecule has 0 radical (unpaired) electrons. The maximum atomic E-state index is 10.6. The Kier molecular flexibility index (Phi) is 8.34. The molecule has 5 heteroatoms. The van der Waals surface area contributed by atoms with Gasteiger partial charge in [0.15, 0.2) is 5.82 Å². The second-order valence-corrected chi connectivity index (χ2v) is 3.54. The lowest BCUT2D eigenvalue weighted by molar-refractivity contribution is 0.0958. The monoisotopic (exact) mass is 229 g/mol. The molecule has 5 nitrogen and oxygen atoms in total. The van der Waals surface area contributed by atoms with Crippen LogP contribution in [0.15, 0.2) is 4.52 Å². The van der Waals surface area contributed by atoms with Gasteiger partial charge in [0.1, 0.15) is 0 Å². The molecule has 1 aromatic heterocycles. The van der Waals surface area contributed by atoms with Gasteiger partial charge in [-0.05, 0) is 0 Å². The van der Waals surface area contributed by atoms with Crippen molar-refractivity contribution in [3.63, 3.8) is 0 Å². The summed E-state index contributed by atoms with van der Waals surface area (Å²) in [6.45, 7) is 13.8. The highest BCUT2D eigenvalue weighted by atomic mass is 16.5. The van der Waals surface area contributed by atoms with Crippen molar-refractivity contribution in [3.05, 3.63) is 11.7 Å². The Bertz CT molecular complexity index is 300. The molecule has 0 fully saturated rings. The molecule has 0 unspecified atom stereocenters. The topological polar surface area (TPSA) is 82.0 Å². The lowest BCUT2D eigenvalue weighted by Crippen LogP contribution is -2.15. The van der Waals surface area contributed by atoms with Crippen LogP contribution in [0.3, 0.4) is 0 Å². The molecule has 16 heavy (non-hydrogen) atoms. The highest BCUT2D eigenvalue weighted by Gasteiger charge is 2.22. The van der Waals surface area contributed by atoms with Crippen molar-refractivity contribution in [1.82, 2.24) is 10.1 Å². The van der Waals surface area contributed by atoms with Gasteiger partial charge in [-0.1, -0.05) is 53.6 Å². The molecule has 0 spiro atoms. The van der Waals surface area contributed by atoms with Crippen molar-refractivity contribution in [2.45, 2.75) is 53.9 Å². The van der Waals surface area contributed by atoms with E-state index >= 15 is 0 Å². The summed E-state index contributed by atoms with van der Waals surface area (Å²) in [7, 11) is 0. The fourth-order valence-electron chi connectivity index (χ4n) is 0.628. The van der Waals surface area contributed by atoms with E-state index in [1.165, 1.54) is 0 Å². The first-order valence-electron chi connectivity index (χ1n) is 5.55. The number of amides is 1. The second kappa shape index (κ2) is 7.84. The van der Waals surface area contributed by atoms with Crippen LogP contribution in [0.25, 0.3) is 0 Å². The summed E-state index contributed by atoms with van der Waals surface area (Å²) in [5.74, 6) is -0.353. The molecule has 1 aromatic rings. The molecule has 0 aromatic carbocycles. The normalized spacial score (nSPS) is 9.44. The van der Waals surface area contributed by atoms with Crippen molar-refractivity contribution in [3.8, 4) is 0 Å². The number of aromatic nitrogens is 2. The molecule has 0 bridgehead atoms. The molecular formula is C11H23N3O2. The second-order valence-electron chi connectivity index (χ2n) is 3.54. The average Bonchev–Trinajstić information content (AvgIpc) is 2.72. The molecule has 0 aliphatic carbocycles. The smallest absolute Gasteiger partial charge is 0.315 e. The summed E-state index contributed by atoms with van der Waals surface area (Å²) in [6.07, 6.45) is 0. The van der Waals surface area contributed by atoms with Crippen molar-refractivity contribution in [1.29, 1.82) is 0 Å². The molecular weight excluding hydrogens is 206 g/mol. The van der Waals surface area contributed by atoms with E-state index in [0.29, 0.717) is 5.82 Å². The number of rotatable bonds is 1. The highest BCUT2D eigenvalue weighted by molar-refractivity contribution is 5.87. The third-order valence-corrected chi connectivity index (χ3v) is 1.31. The van der Waals surface area contributed by atoms with Crippen LogP contribution < -0.4 is 5.73 Å². The quantitative estimate of drug-likeness (QED) is 0.802. The molecule has 0 aliphatic heterocycles. The van der Waals surface area contributed by atoms with Crippen molar-refractivity contribution in [2.24, 2.45) is 5.73 Å². The van der Waals surface area contributed by atoms with E-state index in [-0.39, 0.29) is 11.3 Å². The van der Waals surface area contributed by atoms with E-state index in [2.05, 4.69) is 14.7 Å². The number of hydrogen-bond donors (Lipinski definition) is 1. The van der Waals surface area contributed by atoms with Crippen LogP contribution in [0, 0.1) is 0 Å². The van der Waals surface area contributed by atoms with Crippen LogP contribution in [-0.4, -0.2) is 16.0 Å². The zero-order chi connectivity index (χ0) is 13.4. The summed E-state index contributed by atoms with van der Waals surface area (Å²) in [5, 5.41) is 3.62. The Morgan fingerprint density at radius 2 is 1.62 bits per heavy atom. The number of carbonyl (C=O) groups excluding carboxylic acids is 1. The van der Waals surface area contributed by atoms with Gasteiger partial charge in [-0.2, -0.15) is 4.98 Å². The van der Waals surface area contributed by atoms with Gasteiger partial charge in [0, 0.05) is 5.41 Å². The first kappa shape index (κ1) is 17.0. The molecule has 1 amide bonds. The van der Waals surface area contributed by atoms with Crippen molar-refractivity contribution in [2.75, 3.05) is 0 Å². The third kappa shape index (κ3) is 5.48. The van der Waals surface area contributed by atoms with Crippen LogP contribution in [0.5, 0.6) is 0 Å². The van der Waals surface area contributed by atoms with E-state index in [1.54, 1.807) is 0 Å². The lowest BCUT2D eigenvalue weighted by atomic mass is 9.96. The van der Waals surface area contributed by atoms with Gasteiger partial charge in [0.25, 0.3) is 0 Å². The van der Waals surface area contributed by atoms with E-state index < -0.39 is 5.91 Å². The van der Waals surface area contributed by atoms with Gasteiger partial charge in [-0.3, -0.25) is 4.79 Å². The Hall–Kier alpha value is -1.39. The van der Waals surface area contributed by atoms with Crippen LogP contribution in [-0.2, 0) is 5.41 Å². The maximum Gasteiger partial charge on any atom is 0.315 e. The van der Waals surface area contributed by atoms with Crippen molar-refractivity contribution >= 4 is 5.91 Å². The Morgan fingerprint density at radius 3 is 1.81 bits per heavy atom. The summed E-state index contributed by atoms with van der Waals surface area (Å²) >= 11 is 0. The van der Waals surface area contributed by atoms with Crippen LogP contribution in [0.1, 0.15) is 65.0 Å². The Morgan fingerprint density at radius 1 is 1.19 bits per heavy atom. The fourth-order valence-corrected chi connectivity index (χ4v) is 0.628. The van der Waals surface area contributed by atoms with E-state index in [4.69, 9.17) is 5.73 Å². The summed E-state index contributed by atoms with van der Waals surface area (Å²) in [6, 6.07) is 0. The number of nitrogens with two attached hydrogens (primary N) is 1. The largest absolute Gasteiger partial charge is 0.361 e. The van der Waals surface area contributed by atoms with Gasteiger partial charge in [-0.15, -0.1) is 0 Å². The summed E-state index contributed by atoms with van der Waals surface area (Å²) in [5.41, 5.74) is 4.71. The molecule has 94 valence electrons. The predicted molar refractivity (Wildman–Crippen MR) is 64.2 cm³/mol. The SMILES string of the molecule is CC.CC.CC(C)(C)c1noc(C(N)=O)n1. The van der Waals surface area contributed by atoms with Crippen LogP contribution >= 0.6 is 0 Å². The van der Waals surface area contributed by atoms with E-state index in [0.717, 1.165) is 0 Å². The van der Waals surface area contributed by atoms with Gasteiger partial charge in [0.2, 0.25) is 0 Å². The van der Waals surface area contributed by atoms with Gasteiger partial charge in [0.05, 0.1) is 0 Å². The first-order valence-corrected chi connectivity index (χ1v) is 5.55. The average molecular weight is 229 g/mol. The van der Waals surface area contributed by atoms with Crippen LogP contribution in [0.2, 0.25) is 0 Å². The maximum absolute atomic E-state index is 10.6. The summed E-state index contributed by atoms with van der Waals surface area (Å²) < 4.78 is 4.62. The molecule has 0 saturated carbocycles. The minimum atomic E-state index is -0.696. The Balaban J connectivity index is 0. The minimum absolute atomic E-state index is 0.139. The number of primary amides is 1. The molecule has 0 aliphatic rings. The zero-order valence-electron chi connectivity index (χ0n) is 11.3. The number of carbonyl (C=O) groups is 1. The zero-order valence-corrected chi connectivity index (χ0v) is 11.3. The number of nitrogens with zero attached hydrogens (tertiary/aromatic N) is 2. The first-order chi connectivity index (χ1) is 7.41. The lowest BCUT2D eigenvalue weighted by Gasteiger charge is -2.10. The molecule has 1 heterocycles. The fraction of sp³-hybridized carbons (Fsp3) is 0.727. The van der Waals surface area contributed by atoms with E-state index in [9.17, 15) is 4.79 Å². The van der Waals surface area contributed by atoms with Crippen LogP contribution in [0.4, 0.5) is 0 Å². The Labute approximate surface area is 97.4 Å². The standard InChI is InChI=1S/C7H11N3O2.2C2H6/c1-7(2,3)6-9-5(4(8)11)12-10-6;2*1-2/h1-3H3,(H2,8,11);2*1-2H3. The van der Waals surface area contributed by atoms with Gasteiger partial charge >= 0.3 is 11.8 Å². The molecule has 2 N–H and O–H groups in total. The molecule has 0 saturated heterocycles. The van der Waals surface area contributed by atoms with Gasteiger partial charge in [-0.25, -0.2) is 0 Å². The van der Waals surface area contributed by atoms with Gasteiger partial charge < -0.3 is 10.3 Å². The number of hydrogen-bond acceptors (Lipinski definition) is 4. The molecule has 0 atom stereocenters. The third-order valence-electron chi connectivity index (χ3n) is 1.31. The minimum Gasteiger partial charge on any atom is -0.361 e. The predicted octanol–water partition coefficient (Wildman–Crippen LogP) is 2.52. The van der Waals surface area contributed by atoms with E-state index in [1.807, 2.05) is 48.5 Å². The summed E-state index contributed by atoms with van der Waals surface area (Å²) in [4.78, 5) is 14.4. The highest BCUT2D eigenvalue weighted by Crippen LogP contribution is 2.17. The van der Waals surface area contributed by atoms with Crippen molar-refractivity contribution < 1.29 is 9.32 Å². The molecule has 1 rings (SSSR count).